The summed E-state index contributed by atoms with van der Waals surface area (Å²) in [5.74, 6) is 0.307. The van der Waals surface area contributed by atoms with Gasteiger partial charge in [-0.3, -0.25) is 14.5 Å². The predicted octanol–water partition coefficient (Wildman–Crippen LogP) is 6.08. The average Bonchev–Trinajstić information content (AvgIpc) is 2.99. The molecule has 1 heterocycles. The minimum absolute atomic E-state index is 0.136. The van der Waals surface area contributed by atoms with E-state index in [9.17, 15) is 9.59 Å². The molecular weight excluding hydrogens is 443 g/mol. The number of thioether (sulfide) groups is 1. The Morgan fingerprint density at radius 2 is 1.80 bits per heavy atom. The van der Waals surface area contributed by atoms with Crippen LogP contribution in [0.1, 0.15) is 25.0 Å². The van der Waals surface area contributed by atoms with Crippen LogP contribution in [0, 0.1) is 0 Å². The summed E-state index contributed by atoms with van der Waals surface area (Å²) in [6.07, 6.45) is 1.70. The lowest BCUT2D eigenvalue weighted by atomic mass is 10.1. The number of amides is 2. The number of anilines is 1. The van der Waals surface area contributed by atoms with Crippen LogP contribution in [0.25, 0.3) is 6.08 Å². The molecule has 0 unspecified atom stereocenters. The molecule has 5 nitrogen and oxygen atoms in total. The number of halogens is 2. The maximum Gasteiger partial charge on any atom is 0.293 e. The van der Waals surface area contributed by atoms with Crippen molar-refractivity contribution in [2.45, 2.75) is 20.4 Å². The number of imide groups is 1. The highest BCUT2D eigenvalue weighted by Gasteiger charge is 2.35. The van der Waals surface area contributed by atoms with E-state index < -0.39 is 0 Å². The first-order valence-electron chi connectivity index (χ1n) is 9.50. The van der Waals surface area contributed by atoms with Crippen molar-refractivity contribution in [3.05, 3.63) is 62.5 Å². The Bertz CT molecular complexity index is 1010. The molecule has 0 atom stereocenters. The standard InChI is InChI=1S/C22H22Cl2N2O3S/c1-4-25(5-2)16-8-7-15(19(12-16)29-3)11-20-21(27)26(22(28)30-20)13-14-6-9-17(23)18(24)10-14/h6-12H,4-5,13H2,1-3H3/b20-11-. The molecule has 0 aromatic heterocycles. The van der Waals surface area contributed by atoms with Crippen LogP contribution in [0.5, 0.6) is 5.75 Å². The van der Waals surface area contributed by atoms with Crippen molar-refractivity contribution in [3.63, 3.8) is 0 Å². The van der Waals surface area contributed by atoms with E-state index >= 15 is 0 Å². The summed E-state index contributed by atoms with van der Waals surface area (Å²) in [6.45, 7) is 6.08. The molecule has 0 spiro atoms. The van der Waals surface area contributed by atoms with Gasteiger partial charge < -0.3 is 9.64 Å². The van der Waals surface area contributed by atoms with Crippen molar-refractivity contribution in [1.29, 1.82) is 0 Å². The first-order chi connectivity index (χ1) is 14.4. The number of methoxy groups -OCH3 is 1. The molecule has 0 radical (unpaired) electrons. The van der Waals surface area contributed by atoms with E-state index in [4.69, 9.17) is 27.9 Å². The summed E-state index contributed by atoms with van der Waals surface area (Å²) in [5, 5.41) is 0.487. The molecular formula is C22H22Cl2N2O3S. The molecule has 1 aliphatic heterocycles. The van der Waals surface area contributed by atoms with Gasteiger partial charge in [0.05, 0.1) is 28.6 Å². The van der Waals surface area contributed by atoms with Gasteiger partial charge in [-0.2, -0.15) is 0 Å². The third-order valence-corrected chi connectivity index (χ3v) is 6.48. The number of hydrogen-bond donors (Lipinski definition) is 0. The SMILES string of the molecule is CCN(CC)c1ccc(/C=C2\SC(=O)N(Cc3ccc(Cl)c(Cl)c3)C2=O)c(OC)c1. The van der Waals surface area contributed by atoms with Gasteiger partial charge in [-0.15, -0.1) is 0 Å². The fraction of sp³-hybridized carbons (Fsp3) is 0.273. The lowest BCUT2D eigenvalue weighted by Gasteiger charge is -2.22. The third kappa shape index (κ3) is 4.77. The van der Waals surface area contributed by atoms with E-state index in [0.29, 0.717) is 20.7 Å². The number of nitrogens with zero attached hydrogens (tertiary/aromatic N) is 2. The van der Waals surface area contributed by atoms with Crippen LogP contribution in [0.15, 0.2) is 41.3 Å². The van der Waals surface area contributed by atoms with Crippen LogP contribution in [-0.4, -0.2) is 36.2 Å². The average molecular weight is 465 g/mol. The Labute approximate surface area is 190 Å². The Morgan fingerprint density at radius 3 is 2.43 bits per heavy atom. The minimum atomic E-state index is -0.342. The number of hydrogen-bond acceptors (Lipinski definition) is 5. The molecule has 3 rings (SSSR count). The van der Waals surface area contributed by atoms with Crippen LogP contribution in [0.4, 0.5) is 10.5 Å². The van der Waals surface area contributed by atoms with Gasteiger partial charge in [0.15, 0.2) is 0 Å². The lowest BCUT2D eigenvalue weighted by Crippen LogP contribution is -2.27. The van der Waals surface area contributed by atoms with Crippen LogP contribution >= 0.6 is 35.0 Å². The van der Waals surface area contributed by atoms with Crippen molar-refractivity contribution in [3.8, 4) is 5.75 Å². The highest BCUT2D eigenvalue weighted by molar-refractivity contribution is 8.18. The van der Waals surface area contributed by atoms with Crippen molar-refractivity contribution in [1.82, 2.24) is 4.90 Å². The van der Waals surface area contributed by atoms with Crippen LogP contribution < -0.4 is 9.64 Å². The highest BCUT2D eigenvalue weighted by atomic mass is 35.5. The zero-order valence-electron chi connectivity index (χ0n) is 16.9. The normalized spacial score (nSPS) is 15.2. The molecule has 1 saturated heterocycles. The third-order valence-electron chi connectivity index (χ3n) is 4.83. The lowest BCUT2D eigenvalue weighted by molar-refractivity contribution is -0.123. The Morgan fingerprint density at radius 1 is 1.07 bits per heavy atom. The number of carbonyl (C=O) groups is 2. The van der Waals surface area contributed by atoms with Crippen molar-refractivity contribution in [2.24, 2.45) is 0 Å². The van der Waals surface area contributed by atoms with Crippen LogP contribution in [-0.2, 0) is 11.3 Å². The number of benzene rings is 2. The Kier molecular flexibility index (Phi) is 7.34. The van der Waals surface area contributed by atoms with Gasteiger partial charge in [-0.1, -0.05) is 29.3 Å². The van der Waals surface area contributed by atoms with E-state index in [2.05, 4.69) is 18.7 Å². The summed E-state index contributed by atoms with van der Waals surface area (Å²) in [6, 6.07) is 10.9. The van der Waals surface area contributed by atoms with E-state index in [-0.39, 0.29) is 17.7 Å². The monoisotopic (exact) mass is 464 g/mol. The summed E-state index contributed by atoms with van der Waals surface area (Å²) >= 11 is 12.9. The first kappa shape index (κ1) is 22.5. The molecule has 2 amide bonds. The summed E-state index contributed by atoms with van der Waals surface area (Å²) < 4.78 is 5.53. The molecule has 158 valence electrons. The van der Waals surface area contributed by atoms with Crippen molar-refractivity contribution < 1.29 is 14.3 Å². The predicted molar refractivity (Wildman–Crippen MR) is 125 cm³/mol. The number of carbonyl (C=O) groups excluding carboxylic acids is 2. The fourth-order valence-corrected chi connectivity index (χ4v) is 4.35. The van der Waals surface area contributed by atoms with E-state index in [1.807, 2.05) is 18.2 Å². The summed E-state index contributed by atoms with van der Waals surface area (Å²) in [5.41, 5.74) is 2.52. The molecule has 1 fully saturated rings. The second-order valence-electron chi connectivity index (χ2n) is 6.61. The van der Waals surface area contributed by atoms with E-state index in [1.54, 1.807) is 31.4 Å². The second-order valence-corrected chi connectivity index (χ2v) is 8.42. The fourth-order valence-electron chi connectivity index (χ4n) is 3.20. The van der Waals surface area contributed by atoms with Gasteiger partial charge in [-0.25, -0.2) is 0 Å². The van der Waals surface area contributed by atoms with Gasteiger partial charge in [0.25, 0.3) is 11.1 Å². The van der Waals surface area contributed by atoms with Gasteiger partial charge in [0, 0.05) is 30.4 Å². The Hall–Kier alpha value is -2.15. The molecule has 8 heteroatoms. The zero-order valence-corrected chi connectivity index (χ0v) is 19.3. The molecule has 1 aliphatic rings. The Balaban J connectivity index is 1.85. The van der Waals surface area contributed by atoms with Crippen molar-refractivity contribution >= 4 is 57.9 Å². The van der Waals surface area contributed by atoms with Crippen molar-refractivity contribution in [2.75, 3.05) is 25.1 Å². The quantitative estimate of drug-likeness (QED) is 0.464. The minimum Gasteiger partial charge on any atom is -0.496 e. The molecule has 0 bridgehead atoms. The van der Waals surface area contributed by atoms with Gasteiger partial charge >= 0.3 is 0 Å². The number of rotatable bonds is 7. The topological polar surface area (TPSA) is 49.9 Å². The van der Waals surface area contributed by atoms with Gasteiger partial charge in [0.1, 0.15) is 5.75 Å². The maximum absolute atomic E-state index is 12.9. The largest absolute Gasteiger partial charge is 0.496 e. The van der Waals surface area contributed by atoms with Crippen LogP contribution in [0.3, 0.4) is 0 Å². The van der Waals surface area contributed by atoms with Gasteiger partial charge in [-0.05, 0) is 61.5 Å². The molecule has 0 saturated carbocycles. The molecule has 0 N–H and O–H groups in total. The van der Waals surface area contributed by atoms with Crippen LogP contribution in [0.2, 0.25) is 10.0 Å². The first-order valence-corrected chi connectivity index (χ1v) is 11.1. The molecule has 0 aliphatic carbocycles. The molecule has 2 aromatic carbocycles. The summed E-state index contributed by atoms with van der Waals surface area (Å²) in [4.78, 5) is 29.1. The summed E-state index contributed by atoms with van der Waals surface area (Å²) in [7, 11) is 1.59. The maximum atomic E-state index is 12.9. The molecule has 30 heavy (non-hydrogen) atoms. The van der Waals surface area contributed by atoms with Gasteiger partial charge in [0.2, 0.25) is 0 Å². The number of ether oxygens (including phenoxy) is 1. The zero-order chi connectivity index (χ0) is 21.8. The second kappa shape index (κ2) is 9.77. The smallest absolute Gasteiger partial charge is 0.293 e. The van der Waals surface area contributed by atoms with E-state index in [0.717, 1.165) is 41.7 Å². The molecule has 2 aromatic rings. The highest BCUT2D eigenvalue weighted by Crippen LogP contribution is 2.36. The van der Waals surface area contributed by atoms with E-state index in [1.165, 1.54) is 4.90 Å².